The van der Waals surface area contributed by atoms with E-state index in [1.807, 2.05) is 0 Å². The van der Waals surface area contributed by atoms with Gasteiger partial charge in [-0.3, -0.25) is 4.79 Å². The highest BCUT2D eigenvalue weighted by Gasteiger charge is 2.36. The topological polar surface area (TPSA) is 26.3 Å². The lowest BCUT2D eigenvalue weighted by Crippen LogP contribution is -2.29. The summed E-state index contributed by atoms with van der Waals surface area (Å²) in [6.45, 7) is 0. The van der Waals surface area contributed by atoms with Crippen LogP contribution in [0.2, 0.25) is 0 Å². The van der Waals surface area contributed by atoms with E-state index in [2.05, 4.69) is 20.7 Å². The fourth-order valence-corrected chi connectivity index (χ4v) is 0.691. The molecule has 0 aliphatic rings. The van der Waals surface area contributed by atoms with Gasteiger partial charge in [0, 0.05) is 0 Å². The van der Waals surface area contributed by atoms with E-state index in [4.69, 9.17) is 34.8 Å². The molecule has 0 saturated heterocycles. The molecule has 0 heterocycles. The molecule has 1 atom stereocenters. The Hall–Kier alpha value is 0.820. The molecule has 6 heteroatoms. The van der Waals surface area contributed by atoms with E-state index in [0.29, 0.717) is 0 Å². The molecule has 0 rings (SSSR count). The van der Waals surface area contributed by atoms with Crippen molar-refractivity contribution in [3.63, 3.8) is 0 Å². The fraction of sp³-hybridized carbons (Fsp3) is 0.750. The summed E-state index contributed by atoms with van der Waals surface area (Å²) in [6, 6.07) is 0. The standard InChI is InChI=1S/C4H4BrCl3O2/c1-10-3(9)2(6)4(5,7)8/h2H,1H3. The van der Waals surface area contributed by atoms with Crippen molar-refractivity contribution in [1.29, 1.82) is 0 Å². The smallest absolute Gasteiger partial charge is 0.327 e. The number of hydrogen-bond acceptors (Lipinski definition) is 2. The Morgan fingerprint density at radius 3 is 2.20 bits per heavy atom. The van der Waals surface area contributed by atoms with Crippen molar-refractivity contribution in [2.24, 2.45) is 0 Å². The average Bonchev–Trinajstić information content (AvgIpc) is 1.83. The predicted molar refractivity (Wildman–Crippen MR) is 45.0 cm³/mol. The highest BCUT2D eigenvalue weighted by Crippen LogP contribution is 2.36. The molecule has 60 valence electrons. The first-order valence-electron chi connectivity index (χ1n) is 2.18. The van der Waals surface area contributed by atoms with Crippen molar-refractivity contribution in [3.8, 4) is 0 Å². The van der Waals surface area contributed by atoms with Crippen LogP contribution in [0.25, 0.3) is 0 Å². The molecule has 0 spiro atoms. The highest BCUT2D eigenvalue weighted by atomic mass is 79.9. The molecule has 0 radical (unpaired) electrons. The summed E-state index contributed by atoms with van der Waals surface area (Å²) < 4.78 is 2.80. The average molecular weight is 270 g/mol. The lowest BCUT2D eigenvalue weighted by atomic mass is 10.5. The third-order valence-electron chi connectivity index (χ3n) is 0.696. The quantitative estimate of drug-likeness (QED) is 0.568. The minimum Gasteiger partial charge on any atom is -0.468 e. The molecule has 10 heavy (non-hydrogen) atoms. The van der Waals surface area contributed by atoms with Gasteiger partial charge in [0.15, 0.2) is 8.62 Å². The van der Waals surface area contributed by atoms with Crippen molar-refractivity contribution < 1.29 is 9.53 Å². The molecular weight excluding hydrogens is 266 g/mol. The Morgan fingerprint density at radius 2 is 2.10 bits per heavy atom. The summed E-state index contributed by atoms with van der Waals surface area (Å²) in [5.74, 6) is -0.677. The van der Waals surface area contributed by atoms with E-state index in [0.717, 1.165) is 0 Å². The van der Waals surface area contributed by atoms with E-state index < -0.39 is 14.6 Å². The predicted octanol–water partition coefficient (Wildman–Crippen LogP) is 2.29. The first-order valence-corrected chi connectivity index (χ1v) is 4.16. The SMILES string of the molecule is COC(=O)C(Cl)C(Cl)(Cl)Br. The maximum absolute atomic E-state index is 10.6. The van der Waals surface area contributed by atoms with Crippen LogP contribution in [0.1, 0.15) is 0 Å². The molecule has 0 N–H and O–H groups in total. The van der Waals surface area contributed by atoms with Gasteiger partial charge in [0.1, 0.15) is 0 Å². The molecule has 0 fully saturated rings. The van der Waals surface area contributed by atoms with Crippen LogP contribution in [-0.4, -0.2) is 21.7 Å². The lowest BCUT2D eigenvalue weighted by molar-refractivity contribution is -0.140. The highest BCUT2D eigenvalue weighted by molar-refractivity contribution is 9.11. The van der Waals surface area contributed by atoms with Crippen molar-refractivity contribution in [3.05, 3.63) is 0 Å². The van der Waals surface area contributed by atoms with Gasteiger partial charge in [-0.1, -0.05) is 23.2 Å². The Kier molecular flexibility index (Phi) is 4.33. The first kappa shape index (κ1) is 10.8. The van der Waals surface area contributed by atoms with Gasteiger partial charge < -0.3 is 4.74 Å². The van der Waals surface area contributed by atoms with Crippen LogP contribution in [-0.2, 0) is 9.53 Å². The van der Waals surface area contributed by atoms with Gasteiger partial charge in [-0.15, -0.1) is 11.6 Å². The lowest BCUT2D eigenvalue weighted by Gasteiger charge is -2.15. The molecule has 0 aromatic rings. The second kappa shape index (κ2) is 4.00. The molecule has 0 aromatic carbocycles. The molecule has 0 aliphatic carbocycles. The number of rotatable bonds is 2. The van der Waals surface area contributed by atoms with Crippen LogP contribution in [0.5, 0.6) is 0 Å². The molecule has 0 amide bonds. The number of carbonyl (C=O) groups excluding carboxylic acids is 1. The summed E-state index contributed by atoms with van der Waals surface area (Å²) in [5.41, 5.74) is 0. The summed E-state index contributed by atoms with van der Waals surface area (Å²) in [4.78, 5) is 10.6. The van der Waals surface area contributed by atoms with Gasteiger partial charge in [-0.25, -0.2) is 0 Å². The normalized spacial score (nSPS) is 14.5. The van der Waals surface area contributed by atoms with Crippen LogP contribution in [0.3, 0.4) is 0 Å². The molecule has 1 unspecified atom stereocenters. The van der Waals surface area contributed by atoms with Crippen molar-refractivity contribution >= 4 is 56.7 Å². The summed E-state index contributed by atoms with van der Waals surface area (Å²) >= 11 is 19.0. The largest absolute Gasteiger partial charge is 0.468 e. The Balaban J connectivity index is 4.08. The fourth-order valence-electron chi connectivity index (χ4n) is 0.237. The second-order valence-corrected chi connectivity index (χ2v) is 5.41. The zero-order valence-corrected chi connectivity index (χ0v) is 8.76. The van der Waals surface area contributed by atoms with Crippen LogP contribution in [0, 0.1) is 0 Å². The van der Waals surface area contributed by atoms with E-state index >= 15 is 0 Å². The molecule has 0 aliphatic heterocycles. The Labute approximate surface area is 81.9 Å². The van der Waals surface area contributed by atoms with Gasteiger partial charge in [-0.05, 0) is 15.9 Å². The second-order valence-electron chi connectivity index (χ2n) is 1.43. The first-order chi connectivity index (χ1) is 4.39. The molecule has 2 nitrogen and oxygen atoms in total. The molecule has 0 aromatic heterocycles. The van der Waals surface area contributed by atoms with Crippen LogP contribution in [0.15, 0.2) is 0 Å². The van der Waals surface area contributed by atoms with Gasteiger partial charge in [0.2, 0.25) is 0 Å². The van der Waals surface area contributed by atoms with Crippen LogP contribution < -0.4 is 0 Å². The zero-order valence-electron chi connectivity index (χ0n) is 4.91. The third kappa shape index (κ3) is 3.28. The summed E-state index contributed by atoms with van der Waals surface area (Å²) in [6.07, 6.45) is 0. The number of halogens is 4. The van der Waals surface area contributed by atoms with Crippen LogP contribution in [0.4, 0.5) is 0 Å². The van der Waals surface area contributed by atoms with E-state index in [1.165, 1.54) is 7.11 Å². The van der Waals surface area contributed by atoms with Crippen LogP contribution >= 0.6 is 50.7 Å². The Bertz CT molecular complexity index is 133. The van der Waals surface area contributed by atoms with E-state index in [9.17, 15) is 4.79 Å². The third-order valence-corrected chi connectivity index (χ3v) is 2.58. The number of carbonyl (C=O) groups is 1. The van der Waals surface area contributed by atoms with Gasteiger partial charge >= 0.3 is 5.97 Å². The number of alkyl halides is 4. The minimum atomic E-state index is -1.47. The molecular formula is C4H4BrCl3O2. The number of ether oxygens (including phenoxy) is 1. The molecule has 0 saturated carbocycles. The monoisotopic (exact) mass is 268 g/mol. The van der Waals surface area contributed by atoms with E-state index in [-0.39, 0.29) is 0 Å². The van der Waals surface area contributed by atoms with Crippen molar-refractivity contribution in [1.82, 2.24) is 0 Å². The van der Waals surface area contributed by atoms with Gasteiger partial charge in [0.05, 0.1) is 7.11 Å². The maximum atomic E-state index is 10.6. The van der Waals surface area contributed by atoms with Gasteiger partial charge in [0.25, 0.3) is 0 Å². The number of methoxy groups -OCH3 is 1. The summed E-state index contributed by atoms with van der Waals surface area (Å²) in [7, 11) is 1.20. The minimum absolute atomic E-state index is 0.677. The molecule has 0 bridgehead atoms. The number of esters is 1. The zero-order chi connectivity index (χ0) is 8.36. The van der Waals surface area contributed by atoms with E-state index in [1.54, 1.807) is 0 Å². The Morgan fingerprint density at radius 1 is 1.70 bits per heavy atom. The number of hydrogen-bond donors (Lipinski definition) is 0. The van der Waals surface area contributed by atoms with Gasteiger partial charge in [-0.2, -0.15) is 0 Å². The summed E-state index contributed by atoms with van der Waals surface area (Å²) in [5, 5.41) is -1.11. The maximum Gasteiger partial charge on any atom is 0.327 e. The van der Waals surface area contributed by atoms with Crippen molar-refractivity contribution in [2.45, 2.75) is 8.62 Å². The van der Waals surface area contributed by atoms with Crippen molar-refractivity contribution in [2.75, 3.05) is 7.11 Å².